The Morgan fingerprint density at radius 1 is 1.19 bits per heavy atom. The lowest BCUT2D eigenvalue weighted by Gasteiger charge is -2.36. The number of nitro benzene ring substituents is 1. The zero-order valence-electron chi connectivity index (χ0n) is 14.6. The van der Waals surface area contributed by atoms with Crippen molar-refractivity contribution in [3.05, 3.63) is 99.9 Å². The first-order chi connectivity index (χ1) is 12.5. The first kappa shape index (κ1) is 18.0. The Kier molecular flexibility index (Phi) is 5.28. The highest BCUT2D eigenvalue weighted by Crippen LogP contribution is 2.31. The van der Waals surface area contributed by atoms with E-state index in [1.807, 2.05) is 18.2 Å². The van der Waals surface area contributed by atoms with Crippen molar-refractivity contribution in [3.8, 4) is 0 Å². The Morgan fingerprint density at radius 2 is 1.96 bits per heavy atom. The van der Waals surface area contributed by atoms with Crippen LogP contribution in [0.5, 0.6) is 0 Å². The third-order valence-electron chi connectivity index (χ3n) is 4.82. The van der Waals surface area contributed by atoms with Crippen LogP contribution in [0.15, 0.2) is 72.8 Å². The van der Waals surface area contributed by atoms with Crippen molar-refractivity contribution in [2.24, 2.45) is 0 Å². The average molecular weight is 352 g/mol. The fourth-order valence-electron chi connectivity index (χ4n) is 3.26. The number of nitrogens with zero attached hydrogens (tertiary/aromatic N) is 1. The van der Waals surface area contributed by atoms with Gasteiger partial charge in [-0.3, -0.25) is 15.4 Å². The molecule has 4 nitrogen and oxygen atoms in total. The number of halogens is 1. The summed E-state index contributed by atoms with van der Waals surface area (Å²) in [5.74, 6) is -0.308. The molecule has 2 aromatic rings. The maximum atomic E-state index is 13.4. The number of hydrogen-bond acceptors (Lipinski definition) is 3. The number of nitro groups is 1. The minimum absolute atomic E-state index is 0.0426. The predicted octanol–water partition coefficient (Wildman–Crippen LogP) is 5.08. The van der Waals surface area contributed by atoms with Crippen molar-refractivity contribution in [3.63, 3.8) is 0 Å². The maximum Gasteiger partial charge on any atom is 0.269 e. The van der Waals surface area contributed by atoms with Gasteiger partial charge in [0.15, 0.2) is 0 Å². The molecule has 0 fully saturated rings. The van der Waals surface area contributed by atoms with Crippen molar-refractivity contribution >= 4 is 5.69 Å². The summed E-state index contributed by atoms with van der Waals surface area (Å²) in [6.45, 7) is 2.10. The van der Waals surface area contributed by atoms with Gasteiger partial charge in [0.05, 0.1) is 11.0 Å². The first-order valence-corrected chi connectivity index (χ1v) is 8.65. The van der Waals surface area contributed by atoms with Gasteiger partial charge in [0.1, 0.15) is 5.82 Å². The zero-order chi connectivity index (χ0) is 18.6. The summed E-state index contributed by atoms with van der Waals surface area (Å²) in [7, 11) is 0. The summed E-state index contributed by atoms with van der Waals surface area (Å²) in [5, 5.41) is 14.8. The normalized spacial score (nSPS) is 20.1. The van der Waals surface area contributed by atoms with E-state index in [1.165, 1.54) is 18.2 Å². The Balaban J connectivity index is 2.03. The Hall–Kier alpha value is -2.79. The molecule has 1 N–H and O–H groups in total. The largest absolute Gasteiger partial charge is 0.297 e. The average Bonchev–Trinajstić information content (AvgIpc) is 2.68. The molecule has 2 atom stereocenters. The predicted molar refractivity (Wildman–Crippen MR) is 100 cm³/mol. The van der Waals surface area contributed by atoms with Gasteiger partial charge in [-0.15, -0.1) is 0 Å². The minimum atomic E-state index is -0.399. The van der Waals surface area contributed by atoms with E-state index in [1.54, 1.807) is 24.3 Å². The molecule has 0 radical (unpaired) electrons. The highest BCUT2D eigenvalue weighted by atomic mass is 19.1. The Morgan fingerprint density at radius 3 is 2.58 bits per heavy atom. The number of hydrogen-bond donors (Lipinski definition) is 1. The fourth-order valence-corrected chi connectivity index (χ4v) is 3.26. The van der Waals surface area contributed by atoms with Crippen LogP contribution in [-0.4, -0.2) is 10.5 Å². The van der Waals surface area contributed by atoms with Crippen LogP contribution in [0.4, 0.5) is 10.1 Å². The van der Waals surface area contributed by atoms with Gasteiger partial charge in [0.25, 0.3) is 5.69 Å². The number of rotatable bonds is 6. The Bertz CT molecular complexity index is 845. The maximum absolute atomic E-state index is 13.4. The molecule has 0 aliphatic heterocycles. The fraction of sp³-hybridized carbons (Fsp3) is 0.238. The Labute approximate surface area is 152 Å². The summed E-state index contributed by atoms with van der Waals surface area (Å²) >= 11 is 0. The molecule has 0 amide bonds. The molecule has 0 aromatic heterocycles. The third kappa shape index (κ3) is 3.89. The van der Waals surface area contributed by atoms with Gasteiger partial charge in [0, 0.05) is 17.7 Å². The second-order valence-corrected chi connectivity index (χ2v) is 6.48. The summed E-state index contributed by atoms with van der Waals surface area (Å²) in [4.78, 5) is 10.8. The number of non-ortho nitro benzene ring substituents is 1. The van der Waals surface area contributed by atoms with Crippen molar-refractivity contribution in [2.75, 3.05) is 0 Å². The lowest BCUT2D eigenvalue weighted by Crippen LogP contribution is -2.45. The molecule has 0 spiro atoms. The highest BCUT2D eigenvalue weighted by molar-refractivity contribution is 5.41. The van der Waals surface area contributed by atoms with E-state index in [0.717, 1.165) is 24.0 Å². The van der Waals surface area contributed by atoms with E-state index in [9.17, 15) is 14.5 Å². The highest BCUT2D eigenvalue weighted by Gasteiger charge is 2.30. The van der Waals surface area contributed by atoms with Gasteiger partial charge in [-0.2, -0.15) is 0 Å². The molecule has 2 aromatic carbocycles. The molecule has 3 rings (SSSR count). The molecule has 0 saturated carbocycles. The molecule has 0 saturated heterocycles. The van der Waals surface area contributed by atoms with Crippen molar-refractivity contribution in [2.45, 2.75) is 31.3 Å². The standard InChI is InChI=1S/C21H21FN2O2/c1-2-21(13-4-3-5-14-21)23-20(16-9-11-18(22)12-10-16)17-7-6-8-19(15-17)24(25)26/h3-13,15,20,23H,2,14H2,1H3/t20?,21-/m0/s1. The number of allylic oxidation sites excluding steroid dienone is 2. The van der Waals surface area contributed by atoms with E-state index in [2.05, 4.69) is 24.4 Å². The van der Waals surface area contributed by atoms with E-state index >= 15 is 0 Å². The molecule has 1 unspecified atom stereocenters. The summed E-state index contributed by atoms with van der Waals surface area (Å²) in [6.07, 6.45) is 9.94. The minimum Gasteiger partial charge on any atom is -0.297 e. The van der Waals surface area contributed by atoms with Crippen molar-refractivity contribution < 1.29 is 9.31 Å². The van der Waals surface area contributed by atoms with E-state index in [0.29, 0.717) is 0 Å². The summed E-state index contributed by atoms with van der Waals surface area (Å²) in [6, 6.07) is 12.6. The van der Waals surface area contributed by atoms with Gasteiger partial charge in [-0.1, -0.05) is 55.5 Å². The topological polar surface area (TPSA) is 55.2 Å². The van der Waals surface area contributed by atoms with Crippen molar-refractivity contribution in [1.82, 2.24) is 5.32 Å². The molecule has 1 aliphatic rings. The van der Waals surface area contributed by atoms with Crippen LogP contribution in [0.1, 0.15) is 36.9 Å². The third-order valence-corrected chi connectivity index (χ3v) is 4.82. The molecule has 1 aliphatic carbocycles. The smallest absolute Gasteiger partial charge is 0.269 e. The van der Waals surface area contributed by atoms with Gasteiger partial charge in [0.2, 0.25) is 0 Å². The van der Waals surface area contributed by atoms with Crippen LogP contribution in [0.25, 0.3) is 0 Å². The molecule has 5 heteroatoms. The monoisotopic (exact) mass is 352 g/mol. The van der Waals surface area contributed by atoms with Gasteiger partial charge in [-0.05, 0) is 36.1 Å². The lowest BCUT2D eigenvalue weighted by atomic mass is 9.85. The molecule has 0 heterocycles. The lowest BCUT2D eigenvalue weighted by molar-refractivity contribution is -0.384. The number of nitrogens with one attached hydrogen (secondary N) is 1. The summed E-state index contributed by atoms with van der Waals surface area (Å²) in [5.41, 5.74) is 1.43. The second kappa shape index (κ2) is 7.62. The molecule has 134 valence electrons. The van der Waals surface area contributed by atoms with Gasteiger partial charge >= 0.3 is 0 Å². The SMILES string of the molecule is CC[C@]1(NC(c2ccc(F)cc2)c2cccc([N+](=O)[O-])c2)C=CC=CC1. The van der Waals surface area contributed by atoms with Crippen LogP contribution in [0, 0.1) is 15.9 Å². The van der Waals surface area contributed by atoms with Crippen LogP contribution in [0.2, 0.25) is 0 Å². The molecule has 0 bridgehead atoms. The second-order valence-electron chi connectivity index (χ2n) is 6.48. The van der Waals surface area contributed by atoms with E-state index in [4.69, 9.17) is 0 Å². The first-order valence-electron chi connectivity index (χ1n) is 8.65. The van der Waals surface area contributed by atoms with Crippen molar-refractivity contribution in [1.29, 1.82) is 0 Å². The summed E-state index contributed by atoms with van der Waals surface area (Å²) < 4.78 is 13.4. The van der Waals surface area contributed by atoms with E-state index in [-0.39, 0.29) is 23.1 Å². The molecular formula is C21H21FN2O2. The number of benzene rings is 2. The van der Waals surface area contributed by atoms with Gasteiger partial charge in [-0.25, -0.2) is 4.39 Å². The van der Waals surface area contributed by atoms with Crippen LogP contribution >= 0.6 is 0 Å². The van der Waals surface area contributed by atoms with Crippen LogP contribution < -0.4 is 5.32 Å². The van der Waals surface area contributed by atoms with Crippen LogP contribution in [0.3, 0.4) is 0 Å². The van der Waals surface area contributed by atoms with Gasteiger partial charge < -0.3 is 0 Å². The van der Waals surface area contributed by atoms with E-state index < -0.39 is 4.92 Å². The molecular weight excluding hydrogens is 331 g/mol. The molecule has 26 heavy (non-hydrogen) atoms. The van der Waals surface area contributed by atoms with Crippen LogP contribution in [-0.2, 0) is 0 Å². The zero-order valence-corrected chi connectivity index (χ0v) is 14.6. The quantitative estimate of drug-likeness (QED) is 0.583.